The van der Waals surface area contributed by atoms with Crippen LogP contribution in [0.25, 0.3) is 59.8 Å². The third-order valence-corrected chi connectivity index (χ3v) is 8.93. The van der Waals surface area contributed by atoms with E-state index in [0.717, 1.165) is 11.4 Å². The van der Waals surface area contributed by atoms with Crippen LogP contribution in [0.15, 0.2) is 170 Å². The maximum Gasteiger partial charge on any atom is 0.0546 e. The SMILES string of the molecule is c1ccc(N(c2ccc3c(c2)c2ccccc2n3-c2ccccc2)c2cc3c4ccccc4ccc3c3ccccc23)cc1. The zero-order valence-corrected chi connectivity index (χ0v) is 24.1. The Morgan fingerprint density at radius 3 is 1.77 bits per heavy atom. The molecule has 0 fully saturated rings. The summed E-state index contributed by atoms with van der Waals surface area (Å²) in [4.78, 5) is 2.43. The molecule has 0 aliphatic carbocycles. The number of hydrogen-bond acceptors (Lipinski definition) is 1. The molecular weight excluding hydrogens is 532 g/mol. The van der Waals surface area contributed by atoms with Crippen LogP contribution in [0.2, 0.25) is 0 Å². The van der Waals surface area contributed by atoms with Crippen molar-refractivity contribution >= 4 is 71.2 Å². The average molecular weight is 561 g/mol. The first-order valence-corrected chi connectivity index (χ1v) is 15.1. The summed E-state index contributed by atoms with van der Waals surface area (Å²) in [7, 11) is 0. The topological polar surface area (TPSA) is 8.17 Å². The second-order valence-corrected chi connectivity index (χ2v) is 11.4. The molecule has 0 aliphatic rings. The summed E-state index contributed by atoms with van der Waals surface area (Å²) >= 11 is 0. The van der Waals surface area contributed by atoms with Gasteiger partial charge in [0.05, 0.1) is 16.7 Å². The van der Waals surface area contributed by atoms with Crippen molar-refractivity contribution in [3.8, 4) is 5.69 Å². The van der Waals surface area contributed by atoms with Gasteiger partial charge in [-0.05, 0) is 81.5 Å². The van der Waals surface area contributed by atoms with Gasteiger partial charge in [0.15, 0.2) is 0 Å². The van der Waals surface area contributed by atoms with Crippen molar-refractivity contribution in [2.75, 3.05) is 4.90 Å². The standard InChI is InChI=1S/C42H28N2/c1-3-14-30(15-4-1)43(42-28-38-33-18-8-7-13-29(33)23-25-35(38)34-19-9-10-20-36(34)42)32-24-26-41-39(27-32)37-21-11-12-22-40(37)44(41)31-16-5-2-6-17-31/h1-28H. The van der Waals surface area contributed by atoms with E-state index in [2.05, 4.69) is 179 Å². The highest BCUT2D eigenvalue weighted by Gasteiger charge is 2.20. The summed E-state index contributed by atoms with van der Waals surface area (Å²) in [5.41, 5.74) is 7.00. The minimum absolute atomic E-state index is 1.13. The van der Waals surface area contributed by atoms with Crippen molar-refractivity contribution in [3.05, 3.63) is 170 Å². The van der Waals surface area contributed by atoms with E-state index in [1.54, 1.807) is 0 Å². The second-order valence-electron chi connectivity index (χ2n) is 11.4. The van der Waals surface area contributed by atoms with Gasteiger partial charge in [0, 0.05) is 33.2 Å². The molecule has 9 aromatic rings. The van der Waals surface area contributed by atoms with Gasteiger partial charge in [0.25, 0.3) is 0 Å². The zero-order chi connectivity index (χ0) is 29.0. The number of para-hydroxylation sites is 3. The molecule has 0 saturated heterocycles. The summed E-state index contributed by atoms with van der Waals surface area (Å²) < 4.78 is 2.37. The second kappa shape index (κ2) is 9.86. The molecule has 0 aliphatic heterocycles. The Kier molecular flexibility index (Phi) is 5.54. The van der Waals surface area contributed by atoms with Gasteiger partial charge in [0.2, 0.25) is 0 Å². The molecule has 0 unspecified atom stereocenters. The third-order valence-electron chi connectivity index (χ3n) is 8.93. The van der Waals surface area contributed by atoms with Crippen LogP contribution in [0.5, 0.6) is 0 Å². The monoisotopic (exact) mass is 560 g/mol. The van der Waals surface area contributed by atoms with E-state index >= 15 is 0 Å². The lowest BCUT2D eigenvalue weighted by atomic mass is 9.95. The normalized spacial score (nSPS) is 11.6. The van der Waals surface area contributed by atoms with Crippen LogP contribution in [-0.2, 0) is 0 Å². The highest BCUT2D eigenvalue weighted by atomic mass is 15.1. The Hall–Kier alpha value is -5.86. The van der Waals surface area contributed by atoms with Crippen LogP contribution < -0.4 is 4.90 Å². The van der Waals surface area contributed by atoms with Gasteiger partial charge in [-0.25, -0.2) is 0 Å². The van der Waals surface area contributed by atoms with Gasteiger partial charge < -0.3 is 9.47 Å². The van der Waals surface area contributed by atoms with E-state index in [1.165, 1.54) is 65.5 Å². The minimum atomic E-state index is 1.13. The van der Waals surface area contributed by atoms with Crippen LogP contribution in [0.3, 0.4) is 0 Å². The van der Waals surface area contributed by atoms with Gasteiger partial charge in [-0.2, -0.15) is 0 Å². The Morgan fingerprint density at radius 1 is 0.341 bits per heavy atom. The van der Waals surface area contributed by atoms with Crippen LogP contribution in [0.4, 0.5) is 17.1 Å². The lowest BCUT2D eigenvalue weighted by molar-refractivity contribution is 1.18. The predicted octanol–water partition coefficient (Wildman–Crippen LogP) is 11.7. The lowest BCUT2D eigenvalue weighted by Gasteiger charge is -2.28. The Morgan fingerprint density at radius 2 is 0.955 bits per heavy atom. The van der Waals surface area contributed by atoms with Crippen molar-refractivity contribution in [3.63, 3.8) is 0 Å². The molecule has 2 heteroatoms. The number of aromatic nitrogens is 1. The number of fused-ring (bicyclic) bond motifs is 8. The molecule has 0 amide bonds. The Bertz CT molecular complexity index is 2490. The number of benzene rings is 8. The highest BCUT2D eigenvalue weighted by Crippen LogP contribution is 2.45. The largest absolute Gasteiger partial charge is 0.310 e. The molecule has 9 rings (SSSR count). The molecule has 206 valence electrons. The van der Waals surface area contributed by atoms with Crippen molar-refractivity contribution in [1.82, 2.24) is 4.57 Å². The van der Waals surface area contributed by atoms with Crippen LogP contribution in [-0.4, -0.2) is 4.57 Å². The van der Waals surface area contributed by atoms with Crippen molar-refractivity contribution < 1.29 is 0 Å². The molecule has 0 spiro atoms. The van der Waals surface area contributed by atoms with E-state index in [-0.39, 0.29) is 0 Å². The van der Waals surface area contributed by atoms with Gasteiger partial charge in [0.1, 0.15) is 0 Å². The fourth-order valence-corrected chi connectivity index (χ4v) is 6.99. The molecule has 2 nitrogen and oxygen atoms in total. The quantitative estimate of drug-likeness (QED) is 0.194. The van der Waals surface area contributed by atoms with E-state index in [1.807, 2.05) is 0 Å². The Balaban J connectivity index is 1.37. The first-order valence-electron chi connectivity index (χ1n) is 15.1. The third kappa shape index (κ3) is 3.75. The molecule has 1 aromatic heterocycles. The fourth-order valence-electron chi connectivity index (χ4n) is 6.99. The number of hydrogen-bond donors (Lipinski definition) is 0. The van der Waals surface area contributed by atoms with E-state index < -0.39 is 0 Å². The predicted molar refractivity (Wildman–Crippen MR) is 188 cm³/mol. The molecule has 0 saturated carbocycles. The minimum Gasteiger partial charge on any atom is -0.310 e. The van der Waals surface area contributed by atoms with Crippen molar-refractivity contribution in [2.45, 2.75) is 0 Å². The summed E-state index contributed by atoms with van der Waals surface area (Å²) in [6.07, 6.45) is 0. The lowest BCUT2D eigenvalue weighted by Crippen LogP contribution is -2.10. The molecule has 1 heterocycles. The van der Waals surface area contributed by atoms with Gasteiger partial charge in [-0.1, -0.05) is 115 Å². The van der Waals surface area contributed by atoms with Crippen LogP contribution in [0.1, 0.15) is 0 Å². The summed E-state index contributed by atoms with van der Waals surface area (Å²) in [6, 6.07) is 61.5. The molecule has 0 bridgehead atoms. The molecule has 0 radical (unpaired) electrons. The molecule has 8 aromatic carbocycles. The maximum atomic E-state index is 2.43. The summed E-state index contributed by atoms with van der Waals surface area (Å²) in [6.45, 7) is 0. The zero-order valence-electron chi connectivity index (χ0n) is 24.1. The van der Waals surface area contributed by atoms with Crippen molar-refractivity contribution in [1.29, 1.82) is 0 Å². The Labute approximate surface area is 255 Å². The smallest absolute Gasteiger partial charge is 0.0546 e. The molecule has 44 heavy (non-hydrogen) atoms. The van der Waals surface area contributed by atoms with E-state index in [9.17, 15) is 0 Å². The van der Waals surface area contributed by atoms with Crippen molar-refractivity contribution in [2.24, 2.45) is 0 Å². The highest BCUT2D eigenvalue weighted by molar-refractivity contribution is 6.21. The number of nitrogens with zero attached hydrogens (tertiary/aromatic N) is 2. The molecule has 0 N–H and O–H groups in total. The average Bonchev–Trinajstić information content (AvgIpc) is 3.43. The fraction of sp³-hybridized carbons (Fsp3) is 0. The van der Waals surface area contributed by atoms with Gasteiger partial charge >= 0.3 is 0 Å². The first kappa shape index (κ1) is 24.7. The summed E-state index contributed by atoms with van der Waals surface area (Å²) in [5.74, 6) is 0. The van der Waals surface area contributed by atoms with Gasteiger partial charge in [-0.3, -0.25) is 0 Å². The van der Waals surface area contributed by atoms with Crippen LogP contribution in [0, 0.1) is 0 Å². The maximum absolute atomic E-state index is 2.43. The molecular formula is C42H28N2. The number of rotatable bonds is 4. The molecule has 0 atom stereocenters. The first-order chi connectivity index (χ1) is 21.8. The summed E-state index contributed by atoms with van der Waals surface area (Å²) in [5, 5.41) is 10.0. The number of anilines is 3. The van der Waals surface area contributed by atoms with E-state index in [0.29, 0.717) is 0 Å². The van der Waals surface area contributed by atoms with E-state index in [4.69, 9.17) is 0 Å². The van der Waals surface area contributed by atoms with Gasteiger partial charge in [-0.15, -0.1) is 0 Å². The van der Waals surface area contributed by atoms with Crippen LogP contribution >= 0.6 is 0 Å².